The Balaban J connectivity index is 2.45. The van der Waals surface area contributed by atoms with Crippen LogP contribution in [0.3, 0.4) is 0 Å². The van der Waals surface area contributed by atoms with Crippen molar-refractivity contribution in [2.45, 2.75) is 38.7 Å². The summed E-state index contributed by atoms with van der Waals surface area (Å²) < 4.78 is 0. The Bertz CT molecular complexity index is 342. The van der Waals surface area contributed by atoms with Crippen molar-refractivity contribution in [2.24, 2.45) is 0 Å². The van der Waals surface area contributed by atoms with Gasteiger partial charge >= 0.3 is 0 Å². The number of aromatic hydroxyl groups is 1. The summed E-state index contributed by atoms with van der Waals surface area (Å²) in [5, 5.41) is 19.1. The van der Waals surface area contributed by atoms with Crippen LogP contribution in [0.15, 0.2) is 12.1 Å². The minimum Gasteiger partial charge on any atom is -0.508 e. The van der Waals surface area contributed by atoms with Crippen molar-refractivity contribution in [1.29, 1.82) is 0 Å². The van der Waals surface area contributed by atoms with Gasteiger partial charge in [-0.15, -0.1) is 0 Å². The van der Waals surface area contributed by atoms with Crippen molar-refractivity contribution in [3.8, 4) is 5.75 Å². The van der Waals surface area contributed by atoms with Gasteiger partial charge in [0.15, 0.2) is 0 Å². The lowest BCUT2D eigenvalue weighted by Gasteiger charge is -2.18. The highest BCUT2D eigenvalue weighted by Gasteiger charge is 2.15. The molecule has 0 amide bonds. The van der Waals surface area contributed by atoms with Crippen molar-refractivity contribution >= 4 is 0 Å². The molecule has 0 aromatic heterocycles. The van der Waals surface area contributed by atoms with E-state index in [0.717, 1.165) is 12.8 Å². The van der Waals surface area contributed by atoms with E-state index in [9.17, 15) is 10.2 Å². The SMILES string of the molecule is CC(O)c1cc2c(cc1O)CCCC2. The van der Waals surface area contributed by atoms with E-state index in [-0.39, 0.29) is 5.75 Å². The van der Waals surface area contributed by atoms with E-state index in [4.69, 9.17) is 0 Å². The quantitative estimate of drug-likeness (QED) is 0.717. The number of rotatable bonds is 1. The smallest absolute Gasteiger partial charge is 0.121 e. The number of phenolic OH excluding ortho intramolecular Hbond substituents is 1. The summed E-state index contributed by atoms with van der Waals surface area (Å²) in [7, 11) is 0. The number of aliphatic hydroxyl groups is 1. The number of hydrogen-bond donors (Lipinski definition) is 2. The van der Waals surface area contributed by atoms with Gasteiger partial charge in [0.05, 0.1) is 6.10 Å². The molecule has 0 fully saturated rings. The van der Waals surface area contributed by atoms with Gasteiger partial charge in [-0.05, 0) is 55.9 Å². The second-order valence-corrected chi connectivity index (χ2v) is 4.06. The van der Waals surface area contributed by atoms with Crippen LogP contribution in [0.25, 0.3) is 0 Å². The molecule has 0 aliphatic heterocycles. The molecule has 1 aromatic rings. The normalized spacial score (nSPS) is 17.6. The van der Waals surface area contributed by atoms with E-state index < -0.39 is 6.10 Å². The Labute approximate surface area is 84.2 Å². The summed E-state index contributed by atoms with van der Waals surface area (Å²) in [5.74, 6) is 0.237. The molecule has 0 radical (unpaired) electrons. The molecule has 2 heteroatoms. The van der Waals surface area contributed by atoms with Crippen molar-refractivity contribution in [3.63, 3.8) is 0 Å². The first-order valence-corrected chi connectivity index (χ1v) is 5.21. The zero-order chi connectivity index (χ0) is 10.1. The molecule has 76 valence electrons. The third kappa shape index (κ3) is 1.62. The van der Waals surface area contributed by atoms with E-state index in [1.54, 1.807) is 6.92 Å². The van der Waals surface area contributed by atoms with Gasteiger partial charge in [-0.2, -0.15) is 0 Å². The van der Waals surface area contributed by atoms with Crippen LogP contribution in [-0.2, 0) is 12.8 Å². The number of aliphatic hydroxyl groups excluding tert-OH is 1. The molecule has 1 atom stereocenters. The summed E-state index contributed by atoms with van der Waals surface area (Å²) >= 11 is 0. The molecule has 0 bridgehead atoms. The van der Waals surface area contributed by atoms with Gasteiger partial charge in [0.1, 0.15) is 5.75 Å². The largest absolute Gasteiger partial charge is 0.508 e. The Morgan fingerprint density at radius 1 is 1.14 bits per heavy atom. The summed E-state index contributed by atoms with van der Waals surface area (Å²) in [6.45, 7) is 1.68. The fourth-order valence-electron chi connectivity index (χ4n) is 2.13. The minimum absolute atomic E-state index is 0.237. The van der Waals surface area contributed by atoms with E-state index in [1.165, 1.54) is 24.0 Å². The standard InChI is InChI=1S/C12H16O2/c1-8(13)11-6-9-4-2-3-5-10(9)7-12(11)14/h6-8,13-14H,2-5H2,1H3. The highest BCUT2D eigenvalue weighted by atomic mass is 16.3. The van der Waals surface area contributed by atoms with Crippen LogP contribution in [0.4, 0.5) is 0 Å². The summed E-state index contributed by atoms with van der Waals surface area (Å²) in [4.78, 5) is 0. The average Bonchev–Trinajstić information content (AvgIpc) is 2.16. The summed E-state index contributed by atoms with van der Waals surface area (Å²) in [5.41, 5.74) is 3.20. The van der Waals surface area contributed by atoms with E-state index in [2.05, 4.69) is 0 Å². The van der Waals surface area contributed by atoms with Crippen molar-refractivity contribution in [2.75, 3.05) is 0 Å². The van der Waals surface area contributed by atoms with Gasteiger partial charge in [0.25, 0.3) is 0 Å². The van der Waals surface area contributed by atoms with Crippen LogP contribution in [0.2, 0.25) is 0 Å². The molecule has 0 saturated carbocycles. The molecule has 1 unspecified atom stereocenters. The predicted molar refractivity (Wildman–Crippen MR) is 55.4 cm³/mol. The first-order chi connectivity index (χ1) is 6.68. The maximum atomic E-state index is 9.68. The van der Waals surface area contributed by atoms with E-state index in [0.29, 0.717) is 5.56 Å². The number of phenols is 1. The van der Waals surface area contributed by atoms with Crippen LogP contribution in [0, 0.1) is 0 Å². The molecule has 14 heavy (non-hydrogen) atoms. The van der Waals surface area contributed by atoms with Gasteiger partial charge in [-0.25, -0.2) is 0 Å². The second-order valence-electron chi connectivity index (χ2n) is 4.06. The lowest BCUT2D eigenvalue weighted by atomic mass is 9.89. The first kappa shape index (κ1) is 9.53. The van der Waals surface area contributed by atoms with Crippen LogP contribution >= 0.6 is 0 Å². The van der Waals surface area contributed by atoms with E-state index >= 15 is 0 Å². The second kappa shape index (κ2) is 3.62. The molecular formula is C12H16O2. The van der Waals surface area contributed by atoms with Gasteiger partial charge in [-0.1, -0.05) is 0 Å². The van der Waals surface area contributed by atoms with Crippen molar-refractivity contribution < 1.29 is 10.2 Å². The number of aryl methyl sites for hydroxylation is 2. The Morgan fingerprint density at radius 3 is 2.29 bits per heavy atom. The first-order valence-electron chi connectivity index (χ1n) is 5.21. The number of benzene rings is 1. The van der Waals surface area contributed by atoms with E-state index in [1.807, 2.05) is 12.1 Å². The maximum Gasteiger partial charge on any atom is 0.121 e. The molecule has 0 heterocycles. The van der Waals surface area contributed by atoms with Crippen LogP contribution in [-0.4, -0.2) is 10.2 Å². The van der Waals surface area contributed by atoms with Crippen LogP contribution in [0.5, 0.6) is 5.75 Å². The Morgan fingerprint density at radius 2 is 1.71 bits per heavy atom. The zero-order valence-corrected chi connectivity index (χ0v) is 8.45. The molecule has 2 N–H and O–H groups in total. The molecular weight excluding hydrogens is 176 g/mol. The molecule has 2 nitrogen and oxygen atoms in total. The molecule has 0 spiro atoms. The maximum absolute atomic E-state index is 9.68. The molecule has 1 aromatic carbocycles. The molecule has 1 aliphatic rings. The third-order valence-corrected chi connectivity index (χ3v) is 2.94. The monoisotopic (exact) mass is 192 g/mol. The van der Waals surface area contributed by atoms with Gasteiger partial charge in [0, 0.05) is 5.56 Å². The number of hydrogen-bond acceptors (Lipinski definition) is 2. The highest BCUT2D eigenvalue weighted by Crippen LogP contribution is 2.31. The van der Waals surface area contributed by atoms with Gasteiger partial charge < -0.3 is 10.2 Å². The molecule has 2 rings (SSSR count). The zero-order valence-electron chi connectivity index (χ0n) is 8.45. The summed E-state index contributed by atoms with van der Waals surface area (Å²) in [6, 6.07) is 3.77. The highest BCUT2D eigenvalue weighted by molar-refractivity contribution is 5.43. The fraction of sp³-hybridized carbons (Fsp3) is 0.500. The molecule has 1 aliphatic carbocycles. The van der Waals surface area contributed by atoms with Gasteiger partial charge in [0.2, 0.25) is 0 Å². The number of fused-ring (bicyclic) bond motifs is 1. The Kier molecular flexibility index (Phi) is 2.46. The topological polar surface area (TPSA) is 40.5 Å². The van der Waals surface area contributed by atoms with Gasteiger partial charge in [-0.3, -0.25) is 0 Å². The van der Waals surface area contributed by atoms with Crippen molar-refractivity contribution in [3.05, 3.63) is 28.8 Å². The van der Waals surface area contributed by atoms with Crippen LogP contribution < -0.4 is 0 Å². The minimum atomic E-state index is -0.581. The molecule has 0 saturated heterocycles. The predicted octanol–water partition coefficient (Wildman–Crippen LogP) is 2.32. The third-order valence-electron chi connectivity index (χ3n) is 2.94. The van der Waals surface area contributed by atoms with Crippen LogP contribution in [0.1, 0.15) is 42.6 Å². The Hall–Kier alpha value is -1.02. The lowest BCUT2D eigenvalue weighted by molar-refractivity contribution is 0.194. The van der Waals surface area contributed by atoms with Crippen molar-refractivity contribution in [1.82, 2.24) is 0 Å². The fourth-order valence-corrected chi connectivity index (χ4v) is 2.13. The lowest BCUT2D eigenvalue weighted by Crippen LogP contribution is -2.04. The average molecular weight is 192 g/mol. The summed E-state index contributed by atoms with van der Waals surface area (Å²) in [6.07, 6.45) is 3.98.